The molecule has 1 aromatic carbocycles. The van der Waals surface area contributed by atoms with Crippen LogP contribution >= 0.6 is 0 Å². The fourth-order valence-corrected chi connectivity index (χ4v) is 5.56. The Bertz CT molecular complexity index is 1640. The van der Waals surface area contributed by atoms with Gasteiger partial charge in [0.05, 0.1) is 12.6 Å². The van der Waals surface area contributed by atoms with Crippen LogP contribution in [0.25, 0.3) is 0 Å². The van der Waals surface area contributed by atoms with E-state index in [9.17, 15) is 43.2 Å². The highest BCUT2D eigenvalue weighted by Crippen LogP contribution is 2.18. The van der Waals surface area contributed by atoms with Crippen molar-refractivity contribution in [3.05, 3.63) is 54.1 Å². The minimum absolute atomic E-state index is 0.00640. The normalized spacial score (nSPS) is 15.2. The van der Waals surface area contributed by atoms with Crippen LogP contribution in [-0.2, 0) is 44.9 Å². The maximum atomic E-state index is 13.6. The molecular formula is C36H49N9O10. The number of primary amides is 1. The zero-order valence-electron chi connectivity index (χ0n) is 31.3. The molecule has 19 nitrogen and oxygen atoms in total. The zero-order valence-corrected chi connectivity index (χ0v) is 31.3. The molecule has 0 saturated carbocycles. The van der Waals surface area contributed by atoms with Crippen LogP contribution in [-0.4, -0.2) is 127 Å². The van der Waals surface area contributed by atoms with Crippen LogP contribution in [0.5, 0.6) is 0 Å². The first-order valence-corrected chi connectivity index (χ1v) is 17.7. The summed E-state index contributed by atoms with van der Waals surface area (Å²) in [6, 6.07) is 2.55. The Hall–Kier alpha value is -6.11. The second-order valence-corrected chi connectivity index (χ2v) is 13.2. The Morgan fingerprint density at radius 3 is 2.04 bits per heavy atom. The lowest BCUT2D eigenvalue weighted by Gasteiger charge is -2.29. The third-order valence-electron chi connectivity index (χ3n) is 8.67. The minimum atomic E-state index is -1.12. The van der Waals surface area contributed by atoms with Crippen LogP contribution in [0.15, 0.2) is 48.6 Å². The minimum Gasteiger partial charge on any atom is -0.445 e. The van der Waals surface area contributed by atoms with Gasteiger partial charge in [0, 0.05) is 63.1 Å². The first-order valence-electron chi connectivity index (χ1n) is 17.7. The molecular weight excluding hydrogens is 718 g/mol. The van der Waals surface area contributed by atoms with Gasteiger partial charge < -0.3 is 42.0 Å². The van der Waals surface area contributed by atoms with Gasteiger partial charge in [0.2, 0.25) is 17.7 Å². The van der Waals surface area contributed by atoms with E-state index < -0.39 is 77.5 Å². The number of likely N-dealkylation sites (N-methyl/N-ethyl adjacent to an activating group) is 2. The molecule has 3 atom stereocenters. The van der Waals surface area contributed by atoms with Crippen LogP contribution in [0.4, 0.5) is 15.3 Å². The maximum absolute atomic E-state index is 13.6. The van der Waals surface area contributed by atoms with Crippen molar-refractivity contribution in [3.8, 4) is 0 Å². The lowest BCUT2D eigenvalue weighted by Crippen LogP contribution is -2.55. The van der Waals surface area contributed by atoms with Gasteiger partial charge in [-0.05, 0) is 49.9 Å². The van der Waals surface area contributed by atoms with Crippen molar-refractivity contribution in [2.75, 3.05) is 45.6 Å². The summed E-state index contributed by atoms with van der Waals surface area (Å²) >= 11 is 0. The number of nitrogens with zero attached hydrogens (tertiary/aromatic N) is 3. The molecule has 7 N–H and O–H groups in total. The van der Waals surface area contributed by atoms with Gasteiger partial charge in [0.25, 0.3) is 23.6 Å². The van der Waals surface area contributed by atoms with Gasteiger partial charge in [-0.2, -0.15) is 0 Å². The number of urea groups is 1. The Balaban J connectivity index is 1.65. The lowest BCUT2D eigenvalue weighted by atomic mass is 10.0. The van der Waals surface area contributed by atoms with Gasteiger partial charge in [-0.25, -0.2) is 9.59 Å². The van der Waals surface area contributed by atoms with Gasteiger partial charge >= 0.3 is 12.1 Å². The summed E-state index contributed by atoms with van der Waals surface area (Å²) in [6.45, 7) is 4.25. The van der Waals surface area contributed by atoms with Crippen LogP contribution in [0.1, 0.15) is 45.1 Å². The number of rotatable bonds is 21. The number of carbonyl (C=O) groups excluding carboxylic acids is 9. The maximum Gasteiger partial charge on any atom is 0.409 e. The van der Waals surface area contributed by atoms with Crippen molar-refractivity contribution in [2.24, 2.45) is 11.7 Å². The summed E-state index contributed by atoms with van der Waals surface area (Å²) in [5, 5.41) is 13.5. The second kappa shape index (κ2) is 21.0. The van der Waals surface area contributed by atoms with E-state index in [-0.39, 0.29) is 45.4 Å². The number of anilines is 1. The monoisotopic (exact) mass is 767 g/mol. The number of carbonyl (C=O) groups is 9. The standard InChI is InChI=1S/C36H49N9O10/c1-22(2)32(42-27(46)12-11-25(45-30(49)15-16-31(45)50)20-44-28(47)13-14-29(44)48)34(52)41-26(6-5-17-39-35(37)53)33(51)40-24-9-7-23(8-10-24)21-55-36(54)43(4)19-18-38-3/h7-10,13-16,22,25-26,32,38H,5-6,11-12,17-21H2,1-4H3,(H,40,51)(H,41,52)(H,42,46)(H3,37,39,53)/t25?,26-,32-/m0/s1. The van der Waals surface area contributed by atoms with E-state index in [4.69, 9.17) is 10.5 Å². The summed E-state index contributed by atoms with van der Waals surface area (Å²) in [5.41, 5.74) is 6.22. The molecule has 10 amide bonds. The molecule has 2 aliphatic heterocycles. The first kappa shape index (κ1) is 43.3. The van der Waals surface area contributed by atoms with Crippen LogP contribution in [0.3, 0.4) is 0 Å². The highest BCUT2D eigenvalue weighted by Gasteiger charge is 2.36. The number of hydrogen-bond acceptors (Lipinski definition) is 11. The number of imide groups is 2. The summed E-state index contributed by atoms with van der Waals surface area (Å²) in [7, 11) is 3.40. The highest BCUT2D eigenvalue weighted by molar-refractivity contribution is 6.14. The molecule has 0 bridgehead atoms. The molecule has 0 aromatic heterocycles. The van der Waals surface area contributed by atoms with E-state index in [1.165, 1.54) is 4.90 Å². The van der Waals surface area contributed by atoms with E-state index in [0.29, 0.717) is 24.3 Å². The van der Waals surface area contributed by atoms with Crippen molar-refractivity contribution in [1.29, 1.82) is 0 Å². The third-order valence-corrected chi connectivity index (χ3v) is 8.67. The number of hydrogen-bond donors (Lipinski definition) is 6. The van der Waals surface area contributed by atoms with Crippen molar-refractivity contribution in [3.63, 3.8) is 0 Å². The van der Waals surface area contributed by atoms with Gasteiger partial charge in [-0.3, -0.25) is 43.4 Å². The molecule has 2 aliphatic rings. The summed E-state index contributed by atoms with van der Waals surface area (Å²) in [5.74, 6) is -4.88. The lowest BCUT2D eigenvalue weighted by molar-refractivity contribution is -0.145. The average molecular weight is 768 g/mol. The zero-order chi connectivity index (χ0) is 40.7. The Labute approximate surface area is 318 Å². The Kier molecular flexibility index (Phi) is 16.5. The van der Waals surface area contributed by atoms with Gasteiger partial charge in [-0.1, -0.05) is 26.0 Å². The van der Waals surface area contributed by atoms with Crippen molar-refractivity contribution in [2.45, 2.75) is 64.3 Å². The Morgan fingerprint density at radius 2 is 1.45 bits per heavy atom. The quantitative estimate of drug-likeness (QED) is 0.0686. The largest absolute Gasteiger partial charge is 0.445 e. The van der Waals surface area contributed by atoms with E-state index in [2.05, 4.69) is 26.6 Å². The number of amides is 10. The molecule has 3 rings (SSSR count). The number of nitrogens with one attached hydrogen (secondary N) is 5. The highest BCUT2D eigenvalue weighted by atomic mass is 16.6. The SMILES string of the molecule is CNCCN(C)C(=O)OCc1ccc(NC(=O)[C@H](CCCNC(N)=O)NC(=O)[C@@H](NC(=O)CCC(CN2C(=O)C=CC2=O)N2C(=O)C=CC2=O)C(C)C)cc1. The van der Waals surface area contributed by atoms with E-state index in [0.717, 1.165) is 34.1 Å². The van der Waals surface area contributed by atoms with Crippen LogP contribution in [0, 0.1) is 5.92 Å². The van der Waals surface area contributed by atoms with E-state index >= 15 is 0 Å². The predicted molar refractivity (Wildman–Crippen MR) is 197 cm³/mol. The van der Waals surface area contributed by atoms with Gasteiger partial charge in [-0.15, -0.1) is 0 Å². The van der Waals surface area contributed by atoms with Crippen molar-refractivity contribution in [1.82, 2.24) is 36.0 Å². The van der Waals surface area contributed by atoms with Crippen LogP contribution in [0.2, 0.25) is 0 Å². The predicted octanol–water partition coefficient (Wildman–Crippen LogP) is -0.514. The third kappa shape index (κ3) is 13.4. The topological polar surface area (TPSA) is 259 Å². The molecule has 0 spiro atoms. The van der Waals surface area contributed by atoms with Crippen molar-refractivity contribution < 1.29 is 47.9 Å². The van der Waals surface area contributed by atoms with Crippen molar-refractivity contribution >= 4 is 59.2 Å². The summed E-state index contributed by atoms with van der Waals surface area (Å²) in [6.07, 6.45) is 3.69. The number of benzene rings is 1. The summed E-state index contributed by atoms with van der Waals surface area (Å²) < 4.78 is 5.32. The number of ether oxygens (including phenoxy) is 1. The molecule has 298 valence electrons. The van der Waals surface area contributed by atoms with E-state index in [1.54, 1.807) is 52.2 Å². The molecule has 0 saturated heterocycles. The molecule has 0 radical (unpaired) electrons. The fourth-order valence-electron chi connectivity index (χ4n) is 5.56. The molecule has 1 unspecified atom stereocenters. The van der Waals surface area contributed by atoms with Gasteiger partial charge in [0.1, 0.15) is 18.7 Å². The van der Waals surface area contributed by atoms with Crippen LogP contribution < -0.4 is 32.3 Å². The molecule has 2 heterocycles. The second-order valence-electron chi connectivity index (χ2n) is 13.2. The fraction of sp³-hybridized carbons (Fsp3) is 0.472. The first-order chi connectivity index (χ1) is 26.1. The smallest absolute Gasteiger partial charge is 0.409 e. The molecule has 0 fully saturated rings. The summed E-state index contributed by atoms with van der Waals surface area (Å²) in [4.78, 5) is 116. The average Bonchev–Trinajstić information content (AvgIpc) is 3.65. The molecule has 19 heteroatoms. The Morgan fingerprint density at radius 1 is 0.836 bits per heavy atom. The van der Waals surface area contributed by atoms with Gasteiger partial charge in [0.15, 0.2) is 0 Å². The molecule has 55 heavy (non-hydrogen) atoms. The van der Waals surface area contributed by atoms with E-state index in [1.807, 2.05) is 0 Å². The molecule has 1 aromatic rings. The number of nitrogens with two attached hydrogens (primary N) is 1. The molecule has 0 aliphatic carbocycles.